The van der Waals surface area contributed by atoms with Crippen molar-refractivity contribution in [2.24, 2.45) is 0 Å². The molecule has 0 bridgehead atoms. The molecule has 2 fully saturated rings. The molecule has 2 saturated heterocycles. The Bertz CT molecular complexity index is 608. The zero-order valence-corrected chi connectivity index (χ0v) is 13.8. The molecule has 0 aromatic carbocycles. The van der Waals surface area contributed by atoms with Gasteiger partial charge < -0.3 is 10.2 Å². The summed E-state index contributed by atoms with van der Waals surface area (Å²) >= 11 is 1.64. The summed E-state index contributed by atoms with van der Waals surface area (Å²) in [5.74, 6) is -0.527. The lowest BCUT2D eigenvalue weighted by Gasteiger charge is -2.34. The highest BCUT2D eigenvalue weighted by Crippen LogP contribution is 2.12. The van der Waals surface area contributed by atoms with E-state index in [0.717, 1.165) is 35.2 Å². The standard InChI is InChI=1S/C14H19N5O3S/c1-10-16-11(9-23-10)7-17-2-4-18(5-3-17)13(21)8-19-12(20)6-15-14(19)22/h9H,2-8H2,1H3,(H,15,22). The van der Waals surface area contributed by atoms with Crippen LogP contribution in [0.2, 0.25) is 0 Å². The van der Waals surface area contributed by atoms with Crippen molar-refractivity contribution in [3.63, 3.8) is 0 Å². The number of carbonyl (C=O) groups excluding carboxylic acids is 3. The third kappa shape index (κ3) is 3.67. The Balaban J connectivity index is 1.47. The maximum Gasteiger partial charge on any atom is 0.325 e. The molecule has 0 spiro atoms. The number of aromatic nitrogens is 1. The molecule has 8 nitrogen and oxygen atoms in total. The van der Waals surface area contributed by atoms with Gasteiger partial charge in [-0.25, -0.2) is 9.78 Å². The number of nitrogens with one attached hydrogen (secondary N) is 1. The van der Waals surface area contributed by atoms with Crippen LogP contribution in [0.3, 0.4) is 0 Å². The molecule has 1 N–H and O–H groups in total. The Morgan fingerprint density at radius 3 is 2.61 bits per heavy atom. The SMILES string of the molecule is Cc1nc(CN2CCN(C(=O)CN3C(=O)CNC3=O)CC2)cs1. The van der Waals surface area contributed by atoms with E-state index in [1.165, 1.54) is 0 Å². The number of thiazole rings is 1. The highest BCUT2D eigenvalue weighted by atomic mass is 32.1. The number of imide groups is 1. The van der Waals surface area contributed by atoms with Crippen molar-refractivity contribution in [3.05, 3.63) is 16.1 Å². The second-order valence-corrected chi connectivity index (χ2v) is 6.72. The Hall–Kier alpha value is -2.00. The molecule has 23 heavy (non-hydrogen) atoms. The molecule has 2 aliphatic heterocycles. The van der Waals surface area contributed by atoms with Gasteiger partial charge in [-0.3, -0.25) is 19.4 Å². The number of nitrogens with zero attached hydrogens (tertiary/aromatic N) is 4. The van der Waals surface area contributed by atoms with Gasteiger partial charge in [0.25, 0.3) is 5.91 Å². The molecule has 0 saturated carbocycles. The van der Waals surface area contributed by atoms with Gasteiger partial charge in [0.1, 0.15) is 6.54 Å². The van der Waals surface area contributed by atoms with Gasteiger partial charge in [0, 0.05) is 38.1 Å². The van der Waals surface area contributed by atoms with Crippen LogP contribution >= 0.6 is 11.3 Å². The number of carbonyl (C=O) groups is 3. The molecule has 1 aromatic heterocycles. The monoisotopic (exact) mass is 337 g/mol. The highest BCUT2D eigenvalue weighted by molar-refractivity contribution is 7.09. The van der Waals surface area contributed by atoms with E-state index >= 15 is 0 Å². The van der Waals surface area contributed by atoms with Crippen molar-refractivity contribution < 1.29 is 14.4 Å². The van der Waals surface area contributed by atoms with Gasteiger partial charge in [0.2, 0.25) is 5.91 Å². The number of hydrogen-bond donors (Lipinski definition) is 1. The molecule has 0 radical (unpaired) electrons. The highest BCUT2D eigenvalue weighted by Gasteiger charge is 2.32. The van der Waals surface area contributed by atoms with Crippen LogP contribution in [0.5, 0.6) is 0 Å². The first-order valence-corrected chi connectivity index (χ1v) is 8.40. The van der Waals surface area contributed by atoms with E-state index in [1.54, 1.807) is 16.2 Å². The first-order chi connectivity index (χ1) is 11.0. The molecule has 1 aromatic rings. The molecule has 124 valence electrons. The Kier molecular flexibility index (Phi) is 4.58. The maximum absolute atomic E-state index is 12.2. The molecule has 0 aliphatic carbocycles. The van der Waals surface area contributed by atoms with Crippen LogP contribution in [-0.2, 0) is 16.1 Å². The minimum atomic E-state index is -0.485. The van der Waals surface area contributed by atoms with Crippen LogP contribution in [0.1, 0.15) is 10.7 Å². The number of rotatable bonds is 4. The minimum Gasteiger partial charge on any atom is -0.339 e. The van der Waals surface area contributed by atoms with Gasteiger partial charge >= 0.3 is 6.03 Å². The van der Waals surface area contributed by atoms with Gasteiger partial charge in [-0.15, -0.1) is 11.3 Å². The van der Waals surface area contributed by atoms with E-state index in [4.69, 9.17) is 0 Å². The lowest BCUT2D eigenvalue weighted by atomic mass is 10.3. The zero-order chi connectivity index (χ0) is 16.4. The first kappa shape index (κ1) is 15.9. The summed E-state index contributed by atoms with van der Waals surface area (Å²) < 4.78 is 0. The van der Waals surface area contributed by atoms with Gasteiger partial charge in [0.05, 0.1) is 17.2 Å². The number of piperazine rings is 1. The van der Waals surface area contributed by atoms with Crippen molar-refractivity contribution in [1.29, 1.82) is 0 Å². The predicted molar refractivity (Wildman–Crippen MR) is 83.8 cm³/mol. The Morgan fingerprint density at radius 2 is 2.04 bits per heavy atom. The summed E-state index contributed by atoms with van der Waals surface area (Å²) in [6.07, 6.45) is 0. The first-order valence-electron chi connectivity index (χ1n) is 7.52. The van der Waals surface area contributed by atoms with E-state index in [9.17, 15) is 14.4 Å². The van der Waals surface area contributed by atoms with Gasteiger partial charge in [0.15, 0.2) is 0 Å². The van der Waals surface area contributed by atoms with Crippen LogP contribution in [0.4, 0.5) is 4.79 Å². The average molecular weight is 337 g/mol. The smallest absolute Gasteiger partial charge is 0.325 e. The van der Waals surface area contributed by atoms with Crippen molar-refractivity contribution in [2.75, 3.05) is 39.3 Å². The topological polar surface area (TPSA) is 85.8 Å². The zero-order valence-electron chi connectivity index (χ0n) is 12.9. The van der Waals surface area contributed by atoms with Gasteiger partial charge in [-0.1, -0.05) is 0 Å². The van der Waals surface area contributed by atoms with Crippen molar-refractivity contribution in [3.8, 4) is 0 Å². The molecule has 0 atom stereocenters. The minimum absolute atomic E-state index is 0.0209. The summed E-state index contributed by atoms with van der Waals surface area (Å²) in [5, 5.41) is 5.53. The van der Waals surface area contributed by atoms with E-state index in [-0.39, 0.29) is 24.9 Å². The largest absolute Gasteiger partial charge is 0.339 e. The predicted octanol–water partition coefficient (Wildman–Crippen LogP) is -0.352. The van der Waals surface area contributed by atoms with Crippen LogP contribution in [0.25, 0.3) is 0 Å². The second kappa shape index (κ2) is 6.63. The summed E-state index contributed by atoms with van der Waals surface area (Å²) in [6.45, 7) is 5.32. The quantitative estimate of drug-likeness (QED) is 0.759. The van der Waals surface area contributed by atoms with Crippen molar-refractivity contribution in [2.45, 2.75) is 13.5 Å². The maximum atomic E-state index is 12.2. The summed E-state index contributed by atoms with van der Waals surface area (Å²) in [5.41, 5.74) is 1.06. The molecule has 3 rings (SSSR count). The molecule has 0 unspecified atom stereocenters. The Morgan fingerprint density at radius 1 is 1.30 bits per heavy atom. The fourth-order valence-corrected chi connectivity index (χ4v) is 3.32. The van der Waals surface area contributed by atoms with Crippen molar-refractivity contribution >= 4 is 29.2 Å². The molecule has 3 heterocycles. The lowest BCUT2D eigenvalue weighted by molar-refractivity contribution is -0.137. The second-order valence-electron chi connectivity index (χ2n) is 5.65. The van der Waals surface area contributed by atoms with Crippen molar-refractivity contribution in [1.82, 2.24) is 25.0 Å². The van der Waals surface area contributed by atoms with E-state index in [2.05, 4.69) is 20.6 Å². The molecular formula is C14H19N5O3S. The molecule has 9 heteroatoms. The summed E-state index contributed by atoms with van der Waals surface area (Å²) in [7, 11) is 0. The molecule has 4 amide bonds. The van der Waals surface area contributed by atoms with Crippen LogP contribution in [0.15, 0.2) is 5.38 Å². The number of hydrogen-bond acceptors (Lipinski definition) is 6. The van der Waals surface area contributed by atoms with E-state index < -0.39 is 6.03 Å². The van der Waals surface area contributed by atoms with E-state index in [0.29, 0.717) is 13.1 Å². The summed E-state index contributed by atoms with van der Waals surface area (Å²) in [4.78, 5) is 44.6. The molecule has 2 aliphatic rings. The normalized spacial score (nSPS) is 19.3. The van der Waals surface area contributed by atoms with E-state index in [1.807, 2.05) is 6.92 Å². The fourth-order valence-electron chi connectivity index (χ4n) is 2.72. The molecular weight excluding hydrogens is 318 g/mol. The third-order valence-corrected chi connectivity index (χ3v) is 4.83. The third-order valence-electron chi connectivity index (χ3n) is 4.01. The van der Waals surface area contributed by atoms with Crippen LogP contribution < -0.4 is 5.32 Å². The van der Waals surface area contributed by atoms with Gasteiger partial charge in [-0.2, -0.15) is 0 Å². The van der Waals surface area contributed by atoms with Gasteiger partial charge in [-0.05, 0) is 6.92 Å². The Labute approximate surface area is 138 Å². The number of urea groups is 1. The lowest BCUT2D eigenvalue weighted by Crippen LogP contribution is -2.51. The van der Waals surface area contributed by atoms with Crippen LogP contribution in [-0.4, -0.2) is 76.8 Å². The average Bonchev–Trinajstić information content (AvgIpc) is 3.08. The number of amides is 4. The summed E-state index contributed by atoms with van der Waals surface area (Å²) in [6, 6.07) is -0.485. The number of aryl methyl sites for hydroxylation is 1. The van der Waals surface area contributed by atoms with Crippen LogP contribution in [0, 0.1) is 6.92 Å². The fraction of sp³-hybridized carbons (Fsp3) is 0.571.